The minimum atomic E-state index is -0.345. The van der Waals surface area contributed by atoms with Crippen LogP contribution in [-0.2, 0) is 4.74 Å². The van der Waals surface area contributed by atoms with E-state index in [2.05, 4.69) is 10.6 Å². The van der Waals surface area contributed by atoms with Gasteiger partial charge in [0.05, 0.1) is 18.8 Å². The quantitative estimate of drug-likeness (QED) is 0.752. The highest BCUT2D eigenvalue weighted by Gasteiger charge is 2.33. The highest BCUT2D eigenvalue weighted by molar-refractivity contribution is 7.99. The fourth-order valence-electron chi connectivity index (χ4n) is 2.32. The Morgan fingerprint density at radius 1 is 1.29 bits per heavy atom. The van der Waals surface area contributed by atoms with E-state index in [9.17, 15) is 4.79 Å². The fraction of sp³-hybridized carbons (Fsp3) is 0.533. The van der Waals surface area contributed by atoms with Crippen LogP contribution in [0.4, 0.5) is 10.5 Å². The Labute approximate surface area is 129 Å². The van der Waals surface area contributed by atoms with E-state index >= 15 is 0 Å². The fourth-order valence-corrected chi connectivity index (χ4v) is 3.55. The number of aliphatic hydroxyl groups is 1. The van der Waals surface area contributed by atoms with E-state index in [1.165, 1.54) is 0 Å². The maximum absolute atomic E-state index is 11.9. The van der Waals surface area contributed by atoms with Gasteiger partial charge in [-0.25, -0.2) is 4.79 Å². The maximum atomic E-state index is 11.9. The molecule has 2 rings (SSSR count). The van der Waals surface area contributed by atoms with Crippen molar-refractivity contribution in [3.05, 3.63) is 30.3 Å². The third-order valence-electron chi connectivity index (χ3n) is 3.51. The molecule has 0 unspecified atom stereocenters. The van der Waals surface area contributed by atoms with Gasteiger partial charge in [0, 0.05) is 12.2 Å². The summed E-state index contributed by atoms with van der Waals surface area (Å²) in [4.78, 5) is 11.9. The van der Waals surface area contributed by atoms with Gasteiger partial charge in [0.25, 0.3) is 0 Å². The molecule has 5 nitrogen and oxygen atoms in total. The van der Waals surface area contributed by atoms with Gasteiger partial charge in [-0.15, -0.1) is 0 Å². The standard InChI is InChI=1S/C15H22N2O3S/c18-8-9-20-15(6-10-21-11-7-15)12-16-14(19)17-13-4-2-1-3-5-13/h1-5,18H,6-12H2,(H2,16,17,19). The van der Waals surface area contributed by atoms with Gasteiger partial charge in [-0.3, -0.25) is 0 Å². The van der Waals surface area contributed by atoms with E-state index in [-0.39, 0.29) is 18.2 Å². The molecule has 2 amide bonds. The van der Waals surface area contributed by atoms with Crippen LogP contribution in [0.5, 0.6) is 0 Å². The Morgan fingerprint density at radius 2 is 2.00 bits per heavy atom. The van der Waals surface area contributed by atoms with E-state index in [0.717, 1.165) is 30.0 Å². The number of aliphatic hydroxyl groups excluding tert-OH is 1. The molecule has 0 radical (unpaired) electrons. The number of hydrogen-bond donors (Lipinski definition) is 3. The van der Waals surface area contributed by atoms with Crippen LogP contribution in [-0.4, -0.2) is 48.0 Å². The van der Waals surface area contributed by atoms with Crippen molar-refractivity contribution < 1.29 is 14.6 Å². The summed E-state index contributed by atoms with van der Waals surface area (Å²) < 4.78 is 5.81. The van der Waals surface area contributed by atoms with Crippen molar-refractivity contribution in [1.82, 2.24) is 5.32 Å². The van der Waals surface area contributed by atoms with Crippen LogP contribution >= 0.6 is 11.8 Å². The normalized spacial score (nSPS) is 17.2. The lowest BCUT2D eigenvalue weighted by molar-refractivity contribution is -0.0601. The highest BCUT2D eigenvalue weighted by Crippen LogP contribution is 2.29. The molecular weight excluding hydrogens is 288 g/mol. The van der Waals surface area contributed by atoms with Crippen LogP contribution < -0.4 is 10.6 Å². The van der Waals surface area contributed by atoms with E-state index in [4.69, 9.17) is 9.84 Å². The predicted molar refractivity (Wildman–Crippen MR) is 85.8 cm³/mol. The third kappa shape index (κ3) is 5.22. The first-order valence-corrected chi connectivity index (χ1v) is 8.32. The van der Waals surface area contributed by atoms with Gasteiger partial charge in [0.15, 0.2) is 0 Å². The average Bonchev–Trinajstić information content (AvgIpc) is 2.53. The highest BCUT2D eigenvalue weighted by atomic mass is 32.2. The lowest BCUT2D eigenvalue weighted by Crippen LogP contribution is -2.48. The van der Waals surface area contributed by atoms with Crippen molar-refractivity contribution >= 4 is 23.5 Å². The summed E-state index contributed by atoms with van der Waals surface area (Å²) in [6.45, 7) is 0.782. The number of nitrogens with one attached hydrogen (secondary N) is 2. The maximum Gasteiger partial charge on any atom is 0.319 e. The number of benzene rings is 1. The molecule has 0 bridgehead atoms. The van der Waals surface area contributed by atoms with E-state index < -0.39 is 0 Å². The van der Waals surface area contributed by atoms with Crippen molar-refractivity contribution in [1.29, 1.82) is 0 Å². The van der Waals surface area contributed by atoms with Crippen LogP contribution in [0.1, 0.15) is 12.8 Å². The van der Waals surface area contributed by atoms with Crippen LogP contribution in [0.25, 0.3) is 0 Å². The molecule has 0 atom stereocenters. The summed E-state index contributed by atoms with van der Waals surface area (Å²) in [5, 5.41) is 14.6. The van der Waals surface area contributed by atoms with Gasteiger partial charge in [-0.2, -0.15) is 11.8 Å². The van der Waals surface area contributed by atoms with Gasteiger partial charge in [0.1, 0.15) is 0 Å². The molecule has 0 aromatic heterocycles. The van der Waals surface area contributed by atoms with Crippen LogP contribution in [0.3, 0.4) is 0 Å². The van der Waals surface area contributed by atoms with Crippen molar-refractivity contribution in [2.75, 3.05) is 36.6 Å². The zero-order valence-electron chi connectivity index (χ0n) is 12.0. The van der Waals surface area contributed by atoms with Gasteiger partial charge < -0.3 is 20.5 Å². The number of thioether (sulfide) groups is 1. The molecule has 0 saturated carbocycles. The van der Waals surface area contributed by atoms with Gasteiger partial charge in [-0.1, -0.05) is 18.2 Å². The molecule has 6 heteroatoms. The molecule has 0 spiro atoms. The number of ether oxygens (including phenoxy) is 1. The molecule has 21 heavy (non-hydrogen) atoms. The lowest BCUT2D eigenvalue weighted by Gasteiger charge is -2.37. The number of amides is 2. The summed E-state index contributed by atoms with van der Waals surface area (Å²) >= 11 is 1.90. The Morgan fingerprint density at radius 3 is 2.67 bits per heavy atom. The number of urea groups is 1. The summed E-state index contributed by atoms with van der Waals surface area (Å²) in [6.07, 6.45) is 1.78. The van der Waals surface area contributed by atoms with Crippen molar-refractivity contribution in [3.63, 3.8) is 0 Å². The zero-order chi connectivity index (χ0) is 15.0. The third-order valence-corrected chi connectivity index (χ3v) is 4.49. The van der Waals surface area contributed by atoms with Crippen LogP contribution in [0, 0.1) is 0 Å². The molecule has 1 fully saturated rings. The van der Waals surface area contributed by atoms with Crippen LogP contribution in [0.15, 0.2) is 30.3 Å². The zero-order valence-corrected chi connectivity index (χ0v) is 12.8. The number of carbonyl (C=O) groups excluding carboxylic acids is 1. The Kier molecular flexibility index (Phi) is 6.35. The largest absolute Gasteiger partial charge is 0.394 e. The topological polar surface area (TPSA) is 70.6 Å². The second kappa shape index (κ2) is 8.26. The Hall–Kier alpha value is -1.24. The number of rotatable bonds is 6. The Balaban J connectivity index is 1.84. The second-order valence-electron chi connectivity index (χ2n) is 5.04. The molecule has 1 aromatic rings. The predicted octanol–water partition coefficient (Wildman–Crippen LogP) is 2.08. The molecular formula is C15H22N2O3S. The first-order chi connectivity index (χ1) is 10.2. The molecule has 1 aliphatic heterocycles. The van der Waals surface area contributed by atoms with Crippen LogP contribution in [0.2, 0.25) is 0 Å². The number of para-hydroxylation sites is 1. The van der Waals surface area contributed by atoms with E-state index in [1.54, 1.807) is 0 Å². The summed E-state index contributed by atoms with van der Waals surface area (Å²) in [5.41, 5.74) is 0.418. The first-order valence-electron chi connectivity index (χ1n) is 7.17. The lowest BCUT2D eigenvalue weighted by atomic mass is 9.96. The Bertz CT molecular complexity index is 436. The molecule has 1 saturated heterocycles. The van der Waals surface area contributed by atoms with Crippen molar-refractivity contribution in [2.45, 2.75) is 18.4 Å². The van der Waals surface area contributed by atoms with Crippen molar-refractivity contribution in [2.24, 2.45) is 0 Å². The van der Waals surface area contributed by atoms with Gasteiger partial charge >= 0.3 is 6.03 Å². The average molecular weight is 310 g/mol. The van der Waals surface area contributed by atoms with E-state index in [0.29, 0.717) is 13.2 Å². The molecule has 3 N–H and O–H groups in total. The minimum absolute atomic E-state index is 0.00506. The molecule has 0 aliphatic carbocycles. The van der Waals surface area contributed by atoms with E-state index in [1.807, 2.05) is 42.1 Å². The smallest absolute Gasteiger partial charge is 0.319 e. The SMILES string of the molecule is O=C(NCC1(OCCO)CCSCC1)Nc1ccccc1. The van der Waals surface area contributed by atoms with Gasteiger partial charge in [-0.05, 0) is 36.5 Å². The number of anilines is 1. The molecule has 116 valence electrons. The first kappa shape index (κ1) is 16.1. The number of hydrogen-bond acceptors (Lipinski definition) is 4. The summed E-state index contributed by atoms with van der Waals surface area (Å²) in [7, 11) is 0. The monoisotopic (exact) mass is 310 g/mol. The van der Waals surface area contributed by atoms with Gasteiger partial charge in [0.2, 0.25) is 0 Å². The second-order valence-corrected chi connectivity index (χ2v) is 6.27. The molecule has 1 aliphatic rings. The minimum Gasteiger partial charge on any atom is -0.394 e. The number of carbonyl (C=O) groups is 1. The summed E-state index contributed by atoms with van der Waals surface area (Å²) in [5.74, 6) is 2.04. The summed E-state index contributed by atoms with van der Waals surface area (Å²) in [6, 6.07) is 9.11. The van der Waals surface area contributed by atoms with Crippen molar-refractivity contribution in [3.8, 4) is 0 Å². The molecule has 1 heterocycles. The molecule has 1 aromatic carbocycles.